The molecule has 0 unspecified atom stereocenters. The third-order valence-electron chi connectivity index (χ3n) is 3.40. The summed E-state index contributed by atoms with van der Waals surface area (Å²) >= 11 is 0. The van der Waals surface area contributed by atoms with E-state index < -0.39 is 0 Å². The van der Waals surface area contributed by atoms with E-state index in [-0.39, 0.29) is 17.9 Å². The van der Waals surface area contributed by atoms with E-state index >= 15 is 0 Å². The summed E-state index contributed by atoms with van der Waals surface area (Å²) in [5, 5.41) is 0. The highest BCUT2D eigenvalue weighted by atomic mass is 16.5. The maximum atomic E-state index is 11.8. The van der Waals surface area contributed by atoms with Crippen LogP contribution in [-0.2, 0) is 9.53 Å². The average molecular weight is 286 g/mol. The van der Waals surface area contributed by atoms with Crippen molar-refractivity contribution in [3.8, 4) is 0 Å². The molecule has 1 saturated heterocycles. The Morgan fingerprint density at radius 2 is 2.05 bits per heavy atom. The monoisotopic (exact) mass is 286 g/mol. The lowest BCUT2D eigenvalue weighted by Crippen LogP contribution is -2.48. The number of carbonyl (C=O) groups is 1. The molecule has 0 spiro atoms. The molecular formula is C16H34N2O2. The molecule has 0 radical (unpaired) electrons. The minimum absolute atomic E-state index is 0.0646. The molecule has 0 bridgehead atoms. The van der Waals surface area contributed by atoms with Crippen LogP contribution in [0.1, 0.15) is 47.5 Å². The van der Waals surface area contributed by atoms with Gasteiger partial charge >= 0.3 is 0 Å². The quantitative estimate of drug-likeness (QED) is 0.752. The lowest BCUT2D eigenvalue weighted by Gasteiger charge is -2.35. The summed E-state index contributed by atoms with van der Waals surface area (Å²) < 4.78 is 5.75. The number of nitrogens with zero attached hydrogens (tertiary/aromatic N) is 2. The summed E-state index contributed by atoms with van der Waals surface area (Å²) in [6, 6.07) is 0. The summed E-state index contributed by atoms with van der Waals surface area (Å²) in [6.07, 6.45) is 2.64. The molecule has 1 fully saturated rings. The molecule has 0 aromatic heterocycles. The SMILES string of the molecule is CC.CCCCN1CCO[C@@H](CN(C)C(=O)C(C)C)C1. The zero-order valence-electron chi connectivity index (χ0n) is 14.3. The van der Waals surface area contributed by atoms with Gasteiger partial charge in [0.2, 0.25) is 5.91 Å². The molecule has 1 aliphatic heterocycles. The standard InChI is InChI=1S/C14H28N2O2.C2H6/c1-5-6-7-16-8-9-18-13(11-16)10-15(4)14(17)12(2)3;1-2/h12-13H,5-11H2,1-4H3;1-2H3/t13-;/m0./s1. The molecule has 4 nitrogen and oxygen atoms in total. The van der Waals surface area contributed by atoms with E-state index in [0.29, 0.717) is 6.54 Å². The van der Waals surface area contributed by atoms with Crippen LogP contribution in [0.4, 0.5) is 0 Å². The normalized spacial score (nSPS) is 19.4. The third-order valence-corrected chi connectivity index (χ3v) is 3.40. The molecule has 1 rings (SSSR count). The first-order chi connectivity index (χ1) is 9.54. The molecule has 0 aliphatic carbocycles. The van der Waals surface area contributed by atoms with Crippen molar-refractivity contribution < 1.29 is 9.53 Å². The second-order valence-electron chi connectivity index (χ2n) is 5.52. The fourth-order valence-electron chi connectivity index (χ4n) is 2.31. The van der Waals surface area contributed by atoms with Gasteiger partial charge in [0.1, 0.15) is 0 Å². The van der Waals surface area contributed by atoms with Crippen molar-refractivity contribution in [1.82, 2.24) is 9.80 Å². The van der Waals surface area contributed by atoms with Crippen LogP contribution in [0.25, 0.3) is 0 Å². The Bertz CT molecular complexity index is 257. The van der Waals surface area contributed by atoms with Crippen LogP contribution in [0.2, 0.25) is 0 Å². The molecule has 4 heteroatoms. The topological polar surface area (TPSA) is 32.8 Å². The Hall–Kier alpha value is -0.610. The van der Waals surface area contributed by atoms with E-state index in [1.165, 1.54) is 12.8 Å². The highest BCUT2D eigenvalue weighted by Gasteiger charge is 2.23. The van der Waals surface area contributed by atoms with Crippen LogP contribution in [-0.4, -0.2) is 61.6 Å². The van der Waals surface area contributed by atoms with Crippen LogP contribution < -0.4 is 0 Å². The molecule has 1 atom stereocenters. The Morgan fingerprint density at radius 1 is 1.40 bits per heavy atom. The molecule has 1 amide bonds. The molecule has 1 aliphatic rings. The van der Waals surface area contributed by atoms with E-state index in [0.717, 1.165) is 26.2 Å². The molecule has 0 N–H and O–H groups in total. The predicted molar refractivity (Wildman–Crippen MR) is 84.9 cm³/mol. The number of amides is 1. The minimum Gasteiger partial charge on any atom is -0.374 e. The first-order valence-corrected chi connectivity index (χ1v) is 8.13. The van der Waals surface area contributed by atoms with Crippen molar-refractivity contribution in [3.05, 3.63) is 0 Å². The minimum atomic E-state index is 0.0646. The fourth-order valence-corrected chi connectivity index (χ4v) is 2.31. The summed E-state index contributed by atoms with van der Waals surface area (Å²) in [6.45, 7) is 14.7. The molecule has 120 valence electrons. The Balaban J connectivity index is 0.00000172. The zero-order chi connectivity index (χ0) is 15.5. The lowest BCUT2D eigenvalue weighted by atomic mass is 10.1. The smallest absolute Gasteiger partial charge is 0.224 e. The van der Waals surface area contributed by atoms with Crippen LogP contribution in [0.15, 0.2) is 0 Å². The van der Waals surface area contributed by atoms with E-state index in [9.17, 15) is 4.79 Å². The van der Waals surface area contributed by atoms with Gasteiger partial charge in [-0.2, -0.15) is 0 Å². The second-order valence-corrected chi connectivity index (χ2v) is 5.52. The van der Waals surface area contributed by atoms with Gasteiger partial charge in [0.25, 0.3) is 0 Å². The first kappa shape index (κ1) is 19.4. The summed E-state index contributed by atoms with van der Waals surface area (Å²) in [4.78, 5) is 16.1. The van der Waals surface area contributed by atoms with Crippen molar-refractivity contribution in [2.75, 3.05) is 39.8 Å². The van der Waals surface area contributed by atoms with Crippen LogP contribution in [0, 0.1) is 5.92 Å². The third kappa shape index (κ3) is 7.25. The maximum absolute atomic E-state index is 11.8. The number of rotatable bonds is 6. The highest BCUT2D eigenvalue weighted by molar-refractivity contribution is 5.77. The van der Waals surface area contributed by atoms with E-state index in [1.54, 1.807) is 4.90 Å². The molecular weight excluding hydrogens is 252 g/mol. The molecule has 0 saturated carbocycles. The summed E-state index contributed by atoms with van der Waals surface area (Å²) in [5.41, 5.74) is 0. The first-order valence-electron chi connectivity index (χ1n) is 8.13. The number of hydrogen-bond donors (Lipinski definition) is 0. The van der Waals surface area contributed by atoms with Gasteiger partial charge in [0.05, 0.1) is 12.7 Å². The van der Waals surface area contributed by atoms with Crippen LogP contribution in [0.5, 0.6) is 0 Å². The zero-order valence-corrected chi connectivity index (χ0v) is 14.3. The number of hydrogen-bond acceptors (Lipinski definition) is 3. The Labute approximate surface area is 125 Å². The molecule has 0 aromatic rings. The van der Waals surface area contributed by atoms with Crippen LogP contribution >= 0.6 is 0 Å². The largest absolute Gasteiger partial charge is 0.374 e. The van der Waals surface area contributed by atoms with Crippen LogP contribution in [0.3, 0.4) is 0 Å². The fraction of sp³-hybridized carbons (Fsp3) is 0.938. The lowest BCUT2D eigenvalue weighted by molar-refractivity contribution is -0.136. The maximum Gasteiger partial charge on any atom is 0.224 e. The van der Waals surface area contributed by atoms with Gasteiger partial charge < -0.3 is 9.64 Å². The van der Waals surface area contributed by atoms with E-state index in [4.69, 9.17) is 4.74 Å². The second kappa shape index (κ2) is 11.1. The highest BCUT2D eigenvalue weighted by Crippen LogP contribution is 2.09. The molecule has 20 heavy (non-hydrogen) atoms. The van der Waals surface area contributed by atoms with Crippen molar-refractivity contribution in [1.29, 1.82) is 0 Å². The van der Waals surface area contributed by atoms with Crippen molar-refractivity contribution in [3.63, 3.8) is 0 Å². The number of ether oxygens (including phenoxy) is 1. The summed E-state index contributed by atoms with van der Waals surface area (Å²) in [5.74, 6) is 0.263. The average Bonchev–Trinajstić information content (AvgIpc) is 2.46. The number of morpholine rings is 1. The summed E-state index contributed by atoms with van der Waals surface area (Å²) in [7, 11) is 1.87. The van der Waals surface area contributed by atoms with Crippen molar-refractivity contribution in [2.45, 2.75) is 53.6 Å². The van der Waals surface area contributed by atoms with E-state index in [1.807, 2.05) is 34.7 Å². The number of unbranched alkanes of at least 4 members (excludes halogenated alkanes) is 1. The van der Waals surface area contributed by atoms with Gasteiger partial charge in [0, 0.05) is 32.6 Å². The molecule has 1 heterocycles. The molecule has 0 aromatic carbocycles. The Kier molecular flexibility index (Phi) is 10.8. The van der Waals surface area contributed by atoms with E-state index in [2.05, 4.69) is 11.8 Å². The van der Waals surface area contributed by atoms with Crippen molar-refractivity contribution >= 4 is 5.91 Å². The van der Waals surface area contributed by atoms with Gasteiger partial charge in [0.15, 0.2) is 0 Å². The number of carbonyl (C=O) groups excluding carboxylic acids is 1. The Morgan fingerprint density at radius 3 is 2.60 bits per heavy atom. The van der Waals surface area contributed by atoms with Gasteiger partial charge in [-0.15, -0.1) is 0 Å². The van der Waals surface area contributed by atoms with Gasteiger partial charge in [-0.3, -0.25) is 9.69 Å². The van der Waals surface area contributed by atoms with Gasteiger partial charge in [-0.05, 0) is 13.0 Å². The van der Waals surface area contributed by atoms with Crippen molar-refractivity contribution in [2.24, 2.45) is 5.92 Å². The number of likely N-dealkylation sites (N-methyl/N-ethyl adjacent to an activating group) is 1. The van der Waals surface area contributed by atoms with Gasteiger partial charge in [-0.25, -0.2) is 0 Å². The predicted octanol–water partition coefficient (Wildman–Crippen LogP) is 2.63. The van der Waals surface area contributed by atoms with Gasteiger partial charge in [-0.1, -0.05) is 41.0 Å².